The van der Waals surface area contributed by atoms with Crippen LogP contribution in [-0.2, 0) is 0 Å². The minimum absolute atomic E-state index is 0.367. The minimum Gasteiger partial charge on any atom is -0.497 e. The van der Waals surface area contributed by atoms with Gasteiger partial charge in [0.25, 0.3) is 0 Å². The van der Waals surface area contributed by atoms with Crippen LogP contribution in [0.4, 0.5) is 0 Å². The van der Waals surface area contributed by atoms with E-state index in [1.165, 1.54) is 0 Å². The Morgan fingerprint density at radius 3 is 2.50 bits per heavy atom. The second-order valence-electron chi connectivity index (χ2n) is 2.16. The number of methoxy groups -OCH3 is 1. The molecular weight excluding hydrogens is 172 g/mol. The highest BCUT2D eigenvalue weighted by Gasteiger charge is 1.88. The van der Waals surface area contributed by atoms with Gasteiger partial charge in [-0.15, -0.1) is 11.6 Å². The lowest BCUT2D eigenvalue weighted by atomic mass is 10.2. The predicted octanol–water partition coefficient (Wildman–Crippen LogP) is 2.29. The molecule has 0 aliphatic carbocycles. The molecule has 1 aromatic rings. The highest BCUT2D eigenvalue weighted by atomic mass is 35.5. The molecule has 0 saturated heterocycles. The molecule has 1 aromatic carbocycles. The van der Waals surface area contributed by atoms with E-state index in [1.54, 1.807) is 7.11 Å². The summed E-state index contributed by atoms with van der Waals surface area (Å²) in [5.41, 5.74) is 0.955. The Labute approximate surface area is 77.3 Å². The van der Waals surface area contributed by atoms with E-state index in [0.29, 0.717) is 5.88 Å². The topological polar surface area (TPSA) is 9.23 Å². The Bertz CT molecular complexity index is 292. The van der Waals surface area contributed by atoms with Crippen LogP contribution in [0, 0.1) is 11.8 Å². The molecule has 0 N–H and O–H groups in total. The van der Waals surface area contributed by atoms with E-state index >= 15 is 0 Å². The van der Waals surface area contributed by atoms with Crippen molar-refractivity contribution in [2.45, 2.75) is 0 Å². The van der Waals surface area contributed by atoms with Gasteiger partial charge >= 0.3 is 0 Å². The molecule has 0 aliphatic heterocycles. The maximum absolute atomic E-state index is 5.41. The van der Waals surface area contributed by atoms with Crippen LogP contribution in [0.5, 0.6) is 5.75 Å². The summed E-state index contributed by atoms with van der Waals surface area (Å²) < 4.78 is 5.00. The van der Waals surface area contributed by atoms with E-state index in [2.05, 4.69) is 11.8 Å². The Balaban J connectivity index is 2.78. The normalized spacial score (nSPS) is 8.50. The number of ether oxygens (including phenoxy) is 1. The van der Waals surface area contributed by atoms with Crippen molar-refractivity contribution in [3.63, 3.8) is 0 Å². The van der Waals surface area contributed by atoms with Crippen LogP contribution in [-0.4, -0.2) is 13.0 Å². The molecule has 0 amide bonds. The lowest BCUT2D eigenvalue weighted by Gasteiger charge is -1.97. The highest BCUT2D eigenvalue weighted by Crippen LogP contribution is 2.09. The largest absolute Gasteiger partial charge is 0.497 e. The fourth-order valence-corrected chi connectivity index (χ4v) is 0.877. The van der Waals surface area contributed by atoms with Crippen molar-refractivity contribution < 1.29 is 4.74 Å². The fourth-order valence-electron chi connectivity index (χ4n) is 0.810. The van der Waals surface area contributed by atoms with Crippen LogP contribution in [0.25, 0.3) is 0 Å². The third-order valence-corrected chi connectivity index (χ3v) is 1.52. The summed E-state index contributed by atoms with van der Waals surface area (Å²) in [6.45, 7) is 0. The van der Waals surface area contributed by atoms with Crippen molar-refractivity contribution in [2.24, 2.45) is 0 Å². The summed E-state index contributed by atoms with van der Waals surface area (Å²) >= 11 is 5.41. The second-order valence-corrected chi connectivity index (χ2v) is 2.43. The summed E-state index contributed by atoms with van der Waals surface area (Å²) in [5.74, 6) is 6.89. The fraction of sp³-hybridized carbons (Fsp3) is 0.200. The van der Waals surface area contributed by atoms with Crippen molar-refractivity contribution in [1.29, 1.82) is 0 Å². The average Bonchev–Trinajstić information content (AvgIpc) is 2.15. The van der Waals surface area contributed by atoms with Crippen LogP contribution in [0.2, 0.25) is 0 Å². The lowest BCUT2D eigenvalue weighted by molar-refractivity contribution is 0.415. The number of halogens is 1. The van der Waals surface area contributed by atoms with E-state index in [-0.39, 0.29) is 0 Å². The molecule has 0 aromatic heterocycles. The number of hydrogen-bond acceptors (Lipinski definition) is 1. The molecule has 62 valence electrons. The molecule has 0 heterocycles. The Kier molecular flexibility index (Phi) is 3.50. The van der Waals surface area contributed by atoms with Gasteiger partial charge < -0.3 is 4.74 Å². The SMILES string of the molecule is COc1ccc(C#CCCl)cc1. The minimum atomic E-state index is 0.367. The molecule has 0 fully saturated rings. The first kappa shape index (κ1) is 8.96. The second kappa shape index (κ2) is 4.69. The standard InChI is InChI=1S/C10H9ClO/c1-12-10-6-4-9(5-7-10)3-2-8-11/h4-7H,8H2,1H3. The number of benzene rings is 1. The van der Waals surface area contributed by atoms with Gasteiger partial charge in [-0.25, -0.2) is 0 Å². The van der Waals surface area contributed by atoms with E-state index in [1.807, 2.05) is 24.3 Å². The van der Waals surface area contributed by atoms with Crippen LogP contribution >= 0.6 is 11.6 Å². The molecule has 12 heavy (non-hydrogen) atoms. The Morgan fingerprint density at radius 1 is 1.33 bits per heavy atom. The Hall–Kier alpha value is -1.13. The average molecular weight is 181 g/mol. The quantitative estimate of drug-likeness (QED) is 0.476. The molecule has 0 spiro atoms. The van der Waals surface area contributed by atoms with Gasteiger partial charge in [0, 0.05) is 5.56 Å². The zero-order valence-electron chi connectivity index (χ0n) is 6.80. The van der Waals surface area contributed by atoms with Crippen LogP contribution in [0.15, 0.2) is 24.3 Å². The third kappa shape index (κ3) is 2.48. The van der Waals surface area contributed by atoms with Crippen molar-refractivity contribution in [1.82, 2.24) is 0 Å². The van der Waals surface area contributed by atoms with E-state index in [9.17, 15) is 0 Å². The van der Waals surface area contributed by atoms with E-state index < -0.39 is 0 Å². The summed E-state index contributed by atoms with van der Waals surface area (Å²) in [6, 6.07) is 7.55. The van der Waals surface area contributed by atoms with Crippen LogP contribution < -0.4 is 4.74 Å². The zero-order chi connectivity index (χ0) is 8.81. The molecule has 0 radical (unpaired) electrons. The maximum atomic E-state index is 5.41. The summed E-state index contributed by atoms with van der Waals surface area (Å²) in [6.07, 6.45) is 0. The maximum Gasteiger partial charge on any atom is 0.118 e. The molecule has 0 aliphatic rings. The van der Waals surface area contributed by atoms with Gasteiger partial charge in [0.1, 0.15) is 5.75 Å². The van der Waals surface area contributed by atoms with E-state index in [0.717, 1.165) is 11.3 Å². The van der Waals surface area contributed by atoms with Gasteiger partial charge in [0.2, 0.25) is 0 Å². The third-order valence-electron chi connectivity index (χ3n) is 1.39. The molecule has 1 nitrogen and oxygen atoms in total. The van der Waals surface area contributed by atoms with Crippen molar-refractivity contribution in [2.75, 3.05) is 13.0 Å². The molecule has 0 saturated carbocycles. The van der Waals surface area contributed by atoms with Crippen LogP contribution in [0.1, 0.15) is 5.56 Å². The zero-order valence-corrected chi connectivity index (χ0v) is 7.56. The number of rotatable bonds is 1. The van der Waals surface area contributed by atoms with Gasteiger partial charge in [-0.3, -0.25) is 0 Å². The Morgan fingerprint density at radius 2 is 2.00 bits per heavy atom. The summed E-state index contributed by atoms with van der Waals surface area (Å²) in [5, 5.41) is 0. The monoisotopic (exact) mass is 180 g/mol. The molecule has 0 bridgehead atoms. The van der Waals surface area contributed by atoms with Crippen LogP contribution in [0.3, 0.4) is 0 Å². The molecule has 0 unspecified atom stereocenters. The first-order chi connectivity index (χ1) is 5.86. The van der Waals surface area contributed by atoms with Gasteiger partial charge in [-0.1, -0.05) is 11.8 Å². The smallest absolute Gasteiger partial charge is 0.118 e. The molecule has 0 atom stereocenters. The number of hydrogen-bond donors (Lipinski definition) is 0. The molecule has 1 rings (SSSR count). The van der Waals surface area contributed by atoms with Crippen molar-refractivity contribution in [3.05, 3.63) is 29.8 Å². The first-order valence-electron chi connectivity index (χ1n) is 3.55. The molecule has 2 heteroatoms. The lowest BCUT2D eigenvalue weighted by Crippen LogP contribution is -1.81. The summed E-state index contributed by atoms with van der Waals surface area (Å²) in [4.78, 5) is 0. The van der Waals surface area contributed by atoms with Gasteiger partial charge in [0.05, 0.1) is 13.0 Å². The van der Waals surface area contributed by atoms with Gasteiger partial charge in [-0.2, -0.15) is 0 Å². The summed E-state index contributed by atoms with van der Waals surface area (Å²) in [7, 11) is 1.64. The first-order valence-corrected chi connectivity index (χ1v) is 4.09. The van der Waals surface area contributed by atoms with Gasteiger partial charge in [0.15, 0.2) is 0 Å². The predicted molar refractivity (Wildman–Crippen MR) is 50.6 cm³/mol. The van der Waals surface area contributed by atoms with Crippen molar-refractivity contribution in [3.8, 4) is 17.6 Å². The highest BCUT2D eigenvalue weighted by molar-refractivity contribution is 6.19. The van der Waals surface area contributed by atoms with Gasteiger partial charge in [-0.05, 0) is 24.3 Å². The van der Waals surface area contributed by atoms with Crippen molar-refractivity contribution >= 4 is 11.6 Å². The number of alkyl halides is 1. The van der Waals surface area contributed by atoms with E-state index in [4.69, 9.17) is 16.3 Å². The molecular formula is C10H9ClO.